The van der Waals surface area contributed by atoms with Crippen LogP contribution in [0.15, 0.2) is 89.1 Å². The normalized spacial score (nSPS) is 18.5. The number of carbonyl (C=O) groups is 1. The molecule has 0 N–H and O–H groups in total. The van der Waals surface area contributed by atoms with Crippen molar-refractivity contribution in [1.29, 1.82) is 0 Å². The first kappa shape index (κ1) is 38.5. The number of hydrogen-bond donors (Lipinski definition) is 0. The average molecular weight is 589 g/mol. The van der Waals surface area contributed by atoms with E-state index in [1.165, 1.54) is 60.2 Å². The molecule has 1 atom stereocenters. The minimum Gasteiger partial charge on any atom is -0.299 e. The number of ketones is 1. The Hall–Kier alpha value is -2.49. The van der Waals surface area contributed by atoms with Crippen molar-refractivity contribution in [1.82, 2.24) is 9.80 Å². The Morgan fingerprint density at radius 1 is 0.953 bits per heavy atom. The molecule has 2 aliphatic heterocycles. The van der Waals surface area contributed by atoms with Crippen molar-refractivity contribution < 1.29 is 4.79 Å². The number of carbonyl (C=O) groups excluding carboxylic acids is 1. The van der Waals surface area contributed by atoms with E-state index in [9.17, 15) is 4.79 Å². The maximum absolute atomic E-state index is 13.2. The SMILES string of the molecule is C=C/C(=C\C1=C(C)CCN(Cc2ccccc2)CC1)C(=O)CCCC1CCCN(CC(/C=C\C)=C(C)C)CC1.CC.CC. The van der Waals surface area contributed by atoms with Crippen LogP contribution in [0.2, 0.25) is 0 Å². The second-order valence-electron chi connectivity index (χ2n) is 11.8. The van der Waals surface area contributed by atoms with Gasteiger partial charge in [-0.1, -0.05) is 94.0 Å². The summed E-state index contributed by atoms with van der Waals surface area (Å²) < 4.78 is 0. The standard InChI is InChI=1S/C36H52N2O.2C2H6/c1-6-13-35(29(3)4)28-37-22-12-17-31(20-24-37)16-11-18-36(39)33(7-2)26-34-21-25-38(23-19-30(34)5)27-32-14-9-8-10-15-32;2*1-2/h6-10,13-15,26,31H,2,11-12,16-25,27-28H2,1,3-5H3;2*1-2H3/b13-6-,33-26+;;. The summed E-state index contributed by atoms with van der Waals surface area (Å²) in [5, 5.41) is 0. The highest BCUT2D eigenvalue weighted by Crippen LogP contribution is 2.26. The maximum atomic E-state index is 13.2. The first-order valence-electron chi connectivity index (χ1n) is 17.2. The second kappa shape index (κ2) is 23.0. The lowest BCUT2D eigenvalue weighted by Gasteiger charge is -2.21. The molecule has 0 aliphatic carbocycles. The number of rotatable bonds is 12. The van der Waals surface area contributed by atoms with Crippen molar-refractivity contribution in [2.24, 2.45) is 5.92 Å². The van der Waals surface area contributed by atoms with Crippen LogP contribution in [-0.2, 0) is 11.3 Å². The molecule has 3 heteroatoms. The second-order valence-corrected chi connectivity index (χ2v) is 11.8. The molecule has 1 aromatic carbocycles. The zero-order chi connectivity index (χ0) is 32.0. The van der Waals surface area contributed by atoms with E-state index in [1.54, 1.807) is 6.08 Å². The highest BCUT2D eigenvalue weighted by molar-refractivity contribution is 5.98. The number of allylic oxidation sites excluding steroid dienone is 5. The van der Waals surface area contributed by atoms with Gasteiger partial charge in [-0.2, -0.15) is 0 Å². The Bertz CT molecular complexity index is 1060. The molecule has 0 bridgehead atoms. The minimum atomic E-state index is 0.255. The zero-order valence-corrected chi connectivity index (χ0v) is 29.2. The Morgan fingerprint density at radius 3 is 2.30 bits per heavy atom. The summed E-state index contributed by atoms with van der Waals surface area (Å²) in [6.45, 7) is 27.3. The number of hydrogen-bond acceptors (Lipinski definition) is 3. The molecule has 2 aliphatic rings. The largest absolute Gasteiger partial charge is 0.299 e. The molecule has 1 saturated heterocycles. The quantitative estimate of drug-likeness (QED) is 0.179. The smallest absolute Gasteiger partial charge is 0.162 e. The Balaban J connectivity index is 0.00000221. The monoisotopic (exact) mass is 589 g/mol. The van der Waals surface area contributed by atoms with Gasteiger partial charge in [0, 0.05) is 38.2 Å². The molecule has 0 saturated carbocycles. The van der Waals surface area contributed by atoms with E-state index in [-0.39, 0.29) is 5.78 Å². The van der Waals surface area contributed by atoms with Crippen molar-refractivity contribution in [3.05, 3.63) is 94.6 Å². The molecule has 1 unspecified atom stereocenters. The summed E-state index contributed by atoms with van der Waals surface area (Å²) in [5.41, 5.74) is 7.76. The highest BCUT2D eigenvalue weighted by atomic mass is 16.1. The van der Waals surface area contributed by atoms with Gasteiger partial charge in [0.05, 0.1) is 0 Å². The van der Waals surface area contributed by atoms with Crippen LogP contribution in [0.25, 0.3) is 0 Å². The van der Waals surface area contributed by atoms with Crippen LogP contribution < -0.4 is 0 Å². The van der Waals surface area contributed by atoms with Crippen molar-refractivity contribution in [3.63, 3.8) is 0 Å². The molecule has 3 nitrogen and oxygen atoms in total. The predicted octanol–water partition coefficient (Wildman–Crippen LogP) is 10.5. The van der Waals surface area contributed by atoms with E-state index in [2.05, 4.69) is 92.6 Å². The lowest BCUT2D eigenvalue weighted by Crippen LogP contribution is -2.27. The van der Waals surface area contributed by atoms with Gasteiger partial charge in [-0.15, -0.1) is 0 Å². The van der Waals surface area contributed by atoms with E-state index < -0.39 is 0 Å². The van der Waals surface area contributed by atoms with E-state index >= 15 is 0 Å². The summed E-state index contributed by atoms with van der Waals surface area (Å²) in [5.74, 6) is 0.990. The number of likely N-dealkylation sites (tertiary alicyclic amines) is 1. The van der Waals surface area contributed by atoms with Gasteiger partial charge >= 0.3 is 0 Å². The van der Waals surface area contributed by atoms with Crippen molar-refractivity contribution >= 4 is 5.78 Å². The van der Waals surface area contributed by atoms with Crippen LogP contribution in [0.3, 0.4) is 0 Å². The molecular weight excluding hydrogens is 524 g/mol. The van der Waals surface area contributed by atoms with Crippen molar-refractivity contribution in [2.75, 3.05) is 32.7 Å². The Labute approximate surface area is 266 Å². The summed E-state index contributed by atoms with van der Waals surface area (Å²) in [7, 11) is 0. The van der Waals surface area contributed by atoms with Crippen LogP contribution >= 0.6 is 0 Å². The molecule has 43 heavy (non-hydrogen) atoms. The fraction of sp³-hybridized carbons (Fsp3) is 0.575. The molecule has 3 rings (SSSR count). The lowest BCUT2D eigenvalue weighted by molar-refractivity contribution is -0.115. The predicted molar refractivity (Wildman–Crippen MR) is 190 cm³/mol. The summed E-state index contributed by atoms with van der Waals surface area (Å²) >= 11 is 0. The van der Waals surface area contributed by atoms with Gasteiger partial charge in [-0.3, -0.25) is 14.6 Å². The fourth-order valence-corrected chi connectivity index (χ4v) is 5.91. The van der Waals surface area contributed by atoms with Crippen molar-refractivity contribution in [2.45, 2.75) is 113 Å². The van der Waals surface area contributed by atoms with E-state index in [0.717, 1.165) is 63.4 Å². The van der Waals surface area contributed by atoms with E-state index in [4.69, 9.17) is 0 Å². The molecule has 2 heterocycles. The van der Waals surface area contributed by atoms with Crippen LogP contribution in [0.4, 0.5) is 0 Å². The van der Waals surface area contributed by atoms with Gasteiger partial charge in [-0.05, 0) is 114 Å². The maximum Gasteiger partial charge on any atom is 0.162 e. The molecule has 0 radical (unpaired) electrons. The summed E-state index contributed by atoms with van der Waals surface area (Å²) in [4.78, 5) is 18.3. The first-order valence-corrected chi connectivity index (χ1v) is 17.2. The molecular formula is C40H64N2O. The number of benzene rings is 1. The van der Waals surface area contributed by atoms with Gasteiger partial charge in [0.25, 0.3) is 0 Å². The third-order valence-corrected chi connectivity index (χ3v) is 8.53. The average Bonchev–Trinajstić information content (AvgIpc) is 3.36. The summed E-state index contributed by atoms with van der Waals surface area (Å²) in [6, 6.07) is 10.7. The molecule has 240 valence electrons. The highest BCUT2D eigenvalue weighted by Gasteiger charge is 2.19. The topological polar surface area (TPSA) is 23.6 Å². The van der Waals surface area contributed by atoms with Gasteiger partial charge in [0.15, 0.2) is 5.78 Å². The Morgan fingerprint density at radius 2 is 1.65 bits per heavy atom. The van der Waals surface area contributed by atoms with Gasteiger partial charge in [0.2, 0.25) is 0 Å². The van der Waals surface area contributed by atoms with Gasteiger partial charge < -0.3 is 0 Å². The fourth-order valence-electron chi connectivity index (χ4n) is 5.91. The van der Waals surface area contributed by atoms with Crippen LogP contribution in [0, 0.1) is 5.92 Å². The third kappa shape index (κ3) is 14.7. The molecule has 1 fully saturated rings. The van der Waals surface area contributed by atoms with E-state index in [0.29, 0.717) is 6.42 Å². The van der Waals surface area contributed by atoms with Crippen molar-refractivity contribution in [3.8, 4) is 0 Å². The zero-order valence-electron chi connectivity index (χ0n) is 29.2. The van der Waals surface area contributed by atoms with Crippen LogP contribution in [0.1, 0.15) is 112 Å². The van der Waals surface area contributed by atoms with Crippen LogP contribution in [0.5, 0.6) is 0 Å². The molecule has 0 spiro atoms. The molecule has 0 aromatic heterocycles. The lowest BCUT2D eigenvalue weighted by atomic mass is 9.92. The summed E-state index contributed by atoms with van der Waals surface area (Å²) in [6.07, 6.45) is 17.0. The molecule has 1 aromatic rings. The first-order chi connectivity index (χ1) is 20.9. The minimum absolute atomic E-state index is 0.255. The molecule has 0 amide bonds. The van der Waals surface area contributed by atoms with E-state index in [1.807, 2.05) is 27.7 Å². The van der Waals surface area contributed by atoms with Gasteiger partial charge in [0.1, 0.15) is 0 Å². The Kier molecular flexibility index (Phi) is 20.6. The number of Topliss-reactive ketones (excluding diaryl/α,β-unsaturated/α-hetero) is 1. The number of nitrogens with zero attached hydrogens (tertiary/aromatic N) is 2. The van der Waals surface area contributed by atoms with Gasteiger partial charge in [-0.25, -0.2) is 0 Å². The third-order valence-electron chi connectivity index (χ3n) is 8.53. The van der Waals surface area contributed by atoms with Crippen LogP contribution in [-0.4, -0.2) is 48.3 Å².